The van der Waals surface area contributed by atoms with Crippen LogP contribution in [0, 0.1) is 5.41 Å². The topological polar surface area (TPSA) is 17.1 Å². The number of hydrogen-bond donors (Lipinski definition) is 0. The van der Waals surface area contributed by atoms with E-state index in [4.69, 9.17) is 0 Å². The van der Waals surface area contributed by atoms with Crippen LogP contribution < -0.4 is 0 Å². The molecule has 0 heterocycles. The molecule has 0 amide bonds. The van der Waals surface area contributed by atoms with Crippen molar-refractivity contribution in [3.63, 3.8) is 0 Å². The quantitative estimate of drug-likeness (QED) is 0.713. The average Bonchev–Trinajstić information content (AvgIpc) is 2.74. The van der Waals surface area contributed by atoms with Gasteiger partial charge in [-0.3, -0.25) is 4.79 Å². The van der Waals surface area contributed by atoms with Crippen LogP contribution in [0.4, 0.5) is 0 Å². The molecule has 0 aliphatic heterocycles. The van der Waals surface area contributed by atoms with Crippen molar-refractivity contribution in [2.75, 3.05) is 0 Å². The summed E-state index contributed by atoms with van der Waals surface area (Å²) in [7, 11) is 0. The van der Waals surface area contributed by atoms with Crippen molar-refractivity contribution in [2.45, 2.75) is 32.6 Å². The summed E-state index contributed by atoms with van der Waals surface area (Å²) in [6.45, 7) is 5.88. The summed E-state index contributed by atoms with van der Waals surface area (Å²) in [5.41, 5.74) is 4.77. The van der Waals surface area contributed by atoms with E-state index in [0.29, 0.717) is 5.78 Å². The van der Waals surface area contributed by atoms with E-state index in [-0.39, 0.29) is 5.41 Å². The van der Waals surface area contributed by atoms with E-state index in [0.717, 1.165) is 31.3 Å². The van der Waals surface area contributed by atoms with Gasteiger partial charge in [-0.1, -0.05) is 37.3 Å². The molecule has 1 heteroatoms. The number of Topliss-reactive ketones (excluding diaryl/α,β-unsaturated/α-hetero) is 1. The van der Waals surface area contributed by atoms with Crippen molar-refractivity contribution in [2.24, 2.45) is 5.41 Å². The van der Waals surface area contributed by atoms with Crippen molar-refractivity contribution in [1.29, 1.82) is 0 Å². The van der Waals surface area contributed by atoms with Crippen LogP contribution in [0.1, 0.15) is 37.3 Å². The lowest BCUT2D eigenvalue weighted by Crippen LogP contribution is -2.32. The zero-order chi connectivity index (χ0) is 12.8. The van der Waals surface area contributed by atoms with Gasteiger partial charge < -0.3 is 0 Å². The number of hydrogen-bond acceptors (Lipinski definition) is 1. The molecule has 1 nitrogen and oxygen atoms in total. The van der Waals surface area contributed by atoms with Gasteiger partial charge in [-0.15, -0.1) is 6.58 Å². The van der Waals surface area contributed by atoms with Gasteiger partial charge in [-0.25, -0.2) is 0 Å². The van der Waals surface area contributed by atoms with Crippen molar-refractivity contribution in [3.8, 4) is 0 Å². The molecule has 1 atom stereocenters. The van der Waals surface area contributed by atoms with E-state index in [1.165, 1.54) is 16.7 Å². The molecule has 18 heavy (non-hydrogen) atoms. The molecule has 3 rings (SSSR count). The van der Waals surface area contributed by atoms with Crippen molar-refractivity contribution < 1.29 is 4.79 Å². The summed E-state index contributed by atoms with van der Waals surface area (Å²) in [6.07, 6.45) is 5.48. The molecule has 0 bridgehead atoms. The van der Waals surface area contributed by atoms with Gasteiger partial charge in [-0.2, -0.15) is 0 Å². The highest BCUT2D eigenvalue weighted by molar-refractivity contribution is 6.09. The number of ketones is 1. The van der Waals surface area contributed by atoms with Crippen LogP contribution in [0.2, 0.25) is 0 Å². The molecule has 0 saturated carbocycles. The van der Waals surface area contributed by atoms with E-state index >= 15 is 0 Å². The number of rotatable bonds is 2. The SMILES string of the molecule is C=CC[C@]1(C)CCC2=C(Cc3ccccc32)C1=O. The maximum absolute atomic E-state index is 12.7. The van der Waals surface area contributed by atoms with Gasteiger partial charge in [0.25, 0.3) is 0 Å². The second-order valence-electron chi connectivity index (χ2n) is 5.67. The normalized spacial score (nSPS) is 25.9. The van der Waals surface area contributed by atoms with Crippen LogP contribution in [-0.4, -0.2) is 5.78 Å². The first-order chi connectivity index (χ1) is 8.65. The fourth-order valence-corrected chi connectivity index (χ4v) is 3.32. The summed E-state index contributed by atoms with van der Waals surface area (Å²) in [4.78, 5) is 12.7. The third-order valence-electron chi connectivity index (χ3n) is 4.42. The van der Waals surface area contributed by atoms with E-state index in [9.17, 15) is 4.79 Å². The Bertz CT molecular complexity index is 565. The second kappa shape index (κ2) is 3.94. The van der Waals surface area contributed by atoms with Crippen LogP contribution in [0.15, 0.2) is 42.5 Å². The second-order valence-corrected chi connectivity index (χ2v) is 5.67. The minimum atomic E-state index is -0.220. The third kappa shape index (κ3) is 1.50. The standard InChI is InChI=1S/C17H18O/c1-3-9-17(2)10-8-14-13-7-5-4-6-12(13)11-15(14)16(17)18/h3-7H,1,8-11H2,2H3/t17-/m1/s1. The molecular formula is C17H18O. The van der Waals surface area contributed by atoms with E-state index in [2.05, 4.69) is 37.8 Å². The monoisotopic (exact) mass is 238 g/mol. The number of allylic oxidation sites excluding steroid dienone is 3. The summed E-state index contributed by atoms with van der Waals surface area (Å²) >= 11 is 0. The molecule has 1 aromatic rings. The van der Waals surface area contributed by atoms with Crippen molar-refractivity contribution in [1.82, 2.24) is 0 Å². The Kier molecular flexibility index (Phi) is 2.51. The van der Waals surface area contributed by atoms with Gasteiger partial charge in [0.1, 0.15) is 0 Å². The Morgan fingerprint density at radius 1 is 1.33 bits per heavy atom. The maximum atomic E-state index is 12.7. The zero-order valence-corrected chi connectivity index (χ0v) is 10.8. The van der Waals surface area contributed by atoms with Gasteiger partial charge >= 0.3 is 0 Å². The van der Waals surface area contributed by atoms with Crippen molar-refractivity contribution >= 4 is 11.4 Å². The fourth-order valence-electron chi connectivity index (χ4n) is 3.32. The maximum Gasteiger partial charge on any atom is 0.165 e. The molecule has 2 aliphatic carbocycles. The molecule has 0 radical (unpaired) electrons. The minimum Gasteiger partial charge on any atom is -0.294 e. The summed E-state index contributed by atoms with van der Waals surface area (Å²) < 4.78 is 0. The van der Waals surface area contributed by atoms with E-state index in [1.54, 1.807) is 0 Å². The lowest BCUT2D eigenvalue weighted by molar-refractivity contribution is -0.124. The Hall–Kier alpha value is -1.63. The Balaban J connectivity index is 2.03. The smallest absolute Gasteiger partial charge is 0.165 e. The molecule has 0 N–H and O–H groups in total. The van der Waals surface area contributed by atoms with Gasteiger partial charge in [0.2, 0.25) is 0 Å². The zero-order valence-electron chi connectivity index (χ0n) is 10.8. The lowest BCUT2D eigenvalue weighted by Gasteiger charge is -2.32. The van der Waals surface area contributed by atoms with E-state index < -0.39 is 0 Å². The van der Waals surface area contributed by atoms with Gasteiger partial charge in [0.15, 0.2) is 5.78 Å². The van der Waals surface area contributed by atoms with Crippen LogP contribution >= 0.6 is 0 Å². The molecule has 0 saturated heterocycles. The summed E-state index contributed by atoms with van der Waals surface area (Å²) in [5, 5.41) is 0. The molecule has 0 aromatic heterocycles. The number of fused-ring (bicyclic) bond motifs is 2. The predicted molar refractivity (Wildman–Crippen MR) is 74.2 cm³/mol. The fraction of sp³-hybridized carbons (Fsp3) is 0.353. The van der Waals surface area contributed by atoms with Crippen LogP contribution in [0.3, 0.4) is 0 Å². The molecule has 1 aromatic carbocycles. The van der Waals surface area contributed by atoms with Crippen LogP contribution in [0.25, 0.3) is 5.57 Å². The highest BCUT2D eigenvalue weighted by Gasteiger charge is 2.41. The lowest BCUT2D eigenvalue weighted by atomic mass is 9.70. The molecule has 92 valence electrons. The van der Waals surface area contributed by atoms with Gasteiger partial charge in [0.05, 0.1) is 0 Å². The minimum absolute atomic E-state index is 0.220. The first kappa shape index (κ1) is 11.5. The first-order valence-corrected chi connectivity index (χ1v) is 6.62. The average molecular weight is 238 g/mol. The summed E-state index contributed by atoms with van der Waals surface area (Å²) in [6, 6.07) is 8.42. The third-order valence-corrected chi connectivity index (χ3v) is 4.42. The number of carbonyl (C=O) groups excluding carboxylic acids is 1. The highest BCUT2D eigenvalue weighted by atomic mass is 16.1. The number of benzene rings is 1. The van der Waals surface area contributed by atoms with E-state index in [1.807, 2.05) is 6.08 Å². The van der Waals surface area contributed by atoms with Crippen molar-refractivity contribution in [3.05, 3.63) is 53.6 Å². The molecule has 0 spiro atoms. The summed E-state index contributed by atoms with van der Waals surface area (Å²) in [5.74, 6) is 0.347. The Morgan fingerprint density at radius 3 is 2.89 bits per heavy atom. The number of carbonyl (C=O) groups is 1. The Labute approximate surface area is 108 Å². The molecule has 0 fully saturated rings. The van der Waals surface area contributed by atoms with Crippen LogP contribution in [0.5, 0.6) is 0 Å². The van der Waals surface area contributed by atoms with Crippen LogP contribution in [-0.2, 0) is 11.2 Å². The first-order valence-electron chi connectivity index (χ1n) is 6.62. The Morgan fingerprint density at radius 2 is 2.11 bits per heavy atom. The van der Waals surface area contributed by atoms with Gasteiger partial charge in [-0.05, 0) is 36.0 Å². The van der Waals surface area contributed by atoms with Gasteiger partial charge in [0, 0.05) is 17.4 Å². The highest BCUT2D eigenvalue weighted by Crippen LogP contribution is 2.47. The molecule has 0 unspecified atom stereocenters. The molecular weight excluding hydrogens is 220 g/mol. The predicted octanol–water partition coefficient (Wildman–Crippen LogP) is 3.94. The molecule has 2 aliphatic rings. The largest absolute Gasteiger partial charge is 0.294 e.